The molecule has 112 valence electrons. The van der Waals surface area contributed by atoms with Crippen LogP contribution in [0.4, 0.5) is 5.69 Å². The van der Waals surface area contributed by atoms with Gasteiger partial charge in [0.25, 0.3) is 0 Å². The zero-order valence-electron chi connectivity index (χ0n) is 11.3. The van der Waals surface area contributed by atoms with Crippen molar-refractivity contribution in [1.82, 2.24) is 4.31 Å². The fourth-order valence-electron chi connectivity index (χ4n) is 2.38. The van der Waals surface area contributed by atoms with Gasteiger partial charge in [-0.2, -0.15) is 9.57 Å². The number of carbonyl (C=O) groups is 1. The topological polar surface area (TPSA) is 130 Å². The van der Waals surface area contributed by atoms with Gasteiger partial charge in [-0.15, -0.1) is 0 Å². The molecule has 1 aliphatic heterocycles. The SMILES string of the molecule is N#Cc1cc(N)ccc1S(=O)(=O)N1CCC(C(N)=O)CC1. The Morgan fingerprint density at radius 2 is 1.95 bits per heavy atom. The molecule has 0 atom stereocenters. The first-order chi connectivity index (χ1) is 9.86. The van der Waals surface area contributed by atoms with Crippen LogP contribution in [0.25, 0.3) is 0 Å². The van der Waals surface area contributed by atoms with Crippen molar-refractivity contribution >= 4 is 21.6 Å². The minimum atomic E-state index is -3.77. The summed E-state index contributed by atoms with van der Waals surface area (Å²) < 4.78 is 26.4. The number of nitriles is 1. The summed E-state index contributed by atoms with van der Waals surface area (Å²) in [7, 11) is -3.77. The number of piperidine rings is 1. The number of anilines is 1. The molecule has 0 aromatic heterocycles. The van der Waals surface area contributed by atoms with E-state index in [1.165, 1.54) is 22.5 Å². The third-order valence-electron chi connectivity index (χ3n) is 3.60. The van der Waals surface area contributed by atoms with Crippen molar-refractivity contribution in [3.63, 3.8) is 0 Å². The van der Waals surface area contributed by atoms with Gasteiger partial charge in [0.2, 0.25) is 15.9 Å². The quantitative estimate of drug-likeness (QED) is 0.760. The molecule has 4 N–H and O–H groups in total. The molecule has 0 radical (unpaired) electrons. The van der Waals surface area contributed by atoms with Gasteiger partial charge in [0.05, 0.1) is 5.56 Å². The molecule has 0 unspecified atom stereocenters. The minimum absolute atomic E-state index is 0.0204. The van der Waals surface area contributed by atoms with Crippen LogP contribution in [0, 0.1) is 17.2 Å². The number of amides is 1. The molecule has 7 nitrogen and oxygen atoms in total. The molecule has 0 saturated carbocycles. The highest BCUT2D eigenvalue weighted by atomic mass is 32.2. The van der Waals surface area contributed by atoms with E-state index in [4.69, 9.17) is 16.7 Å². The molecule has 21 heavy (non-hydrogen) atoms. The number of rotatable bonds is 3. The highest BCUT2D eigenvalue weighted by molar-refractivity contribution is 7.89. The van der Waals surface area contributed by atoms with Gasteiger partial charge in [0.15, 0.2) is 0 Å². The Bertz CT molecular complexity index is 701. The predicted molar refractivity (Wildman–Crippen MR) is 76.2 cm³/mol. The minimum Gasteiger partial charge on any atom is -0.399 e. The largest absolute Gasteiger partial charge is 0.399 e. The lowest BCUT2D eigenvalue weighted by Gasteiger charge is -2.29. The molecule has 1 saturated heterocycles. The van der Waals surface area contributed by atoms with Gasteiger partial charge in [-0.3, -0.25) is 4.79 Å². The fraction of sp³-hybridized carbons (Fsp3) is 0.385. The van der Waals surface area contributed by atoms with Gasteiger partial charge in [-0.25, -0.2) is 8.42 Å². The molecule has 0 bridgehead atoms. The average molecular weight is 308 g/mol. The summed E-state index contributed by atoms with van der Waals surface area (Å²) in [5, 5.41) is 9.07. The lowest BCUT2D eigenvalue weighted by molar-refractivity contribution is -0.122. The smallest absolute Gasteiger partial charge is 0.244 e. The monoisotopic (exact) mass is 308 g/mol. The van der Waals surface area contributed by atoms with Gasteiger partial charge in [0.1, 0.15) is 11.0 Å². The van der Waals surface area contributed by atoms with E-state index in [1.54, 1.807) is 0 Å². The number of hydrogen-bond acceptors (Lipinski definition) is 5. The first kappa shape index (κ1) is 15.3. The first-order valence-corrected chi connectivity index (χ1v) is 7.89. The second-order valence-electron chi connectivity index (χ2n) is 4.95. The maximum Gasteiger partial charge on any atom is 0.244 e. The molecule has 1 aliphatic rings. The van der Waals surface area contributed by atoms with Crippen molar-refractivity contribution in [3.8, 4) is 6.07 Å². The predicted octanol–water partition coefficient (Wildman–Crippen LogP) is 0.0265. The van der Waals surface area contributed by atoms with E-state index in [2.05, 4.69) is 0 Å². The Morgan fingerprint density at radius 1 is 1.33 bits per heavy atom. The molecular weight excluding hydrogens is 292 g/mol. The number of nitrogen functional groups attached to an aromatic ring is 1. The van der Waals surface area contributed by atoms with E-state index in [-0.39, 0.29) is 29.5 Å². The Balaban J connectivity index is 2.28. The molecule has 1 aromatic rings. The highest BCUT2D eigenvalue weighted by Crippen LogP contribution is 2.26. The van der Waals surface area contributed by atoms with Crippen molar-refractivity contribution < 1.29 is 13.2 Å². The van der Waals surface area contributed by atoms with Gasteiger partial charge in [-0.05, 0) is 31.0 Å². The standard InChI is InChI=1S/C13H16N4O3S/c14-8-10-7-11(15)1-2-12(10)21(19,20)17-5-3-9(4-6-17)13(16)18/h1-2,7,9H,3-6,15H2,(H2,16,18). The molecular formula is C13H16N4O3S. The van der Waals surface area contributed by atoms with Crippen LogP contribution >= 0.6 is 0 Å². The molecule has 1 aromatic carbocycles. The van der Waals surface area contributed by atoms with Crippen LogP contribution in [-0.4, -0.2) is 31.7 Å². The highest BCUT2D eigenvalue weighted by Gasteiger charge is 2.32. The summed E-state index contributed by atoms with van der Waals surface area (Å²) in [5.41, 5.74) is 11.1. The van der Waals surface area contributed by atoms with E-state index in [1.807, 2.05) is 6.07 Å². The van der Waals surface area contributed by atoms with Crippen molar-refractivity contribution in [3.05, 3.63) is 23.8 Å². The number of nitrogens with zero attached hydrogens (tertiary/aromatic N) is 2. The van der Waals surface area contributed by atoms with Crippen LogP contribution in [0.5, 0.6) is 0 Å². The third kappa shape index (κ3) is 2.99. The summed E-state index contributed by atoms with van der Waals surface area (Å²) in [6, 6.07) is 5.97. The van der Waals surface area contributed by atoms with Gasteiger partial charge in [0, 0.05) is 24.7 Å². The van der Waals surface area contributed by atoms with E-state index in [9.17, 15) is 13.2 Å². The zero-order valence-corrected chi connectivity index (χ0v) is 12.1. The zero-order chi connectivity index (χ0) is 15.6. The first-order valence-electron chi connectivity index (χ1n) is 6.45. The number of benzene rings is 1. The van der Waals surface area contributed by atoms with Crippen LogP contribution < -0.4 is 11.5 Å². The number of sulfonamides is 1. The van der Waals surface area contributed by atoms with Gasteiger partial charge in [-0.1, -0.05) is 0 Å². The van der Waals surface area contributed by atoms with Gasteiger partial charge < -0.3 is 11.5 Å². The second-order valence-corrected chi connectivity index (χ2v) is 6.85. The van der Waals surface area contributed by atoms with Crippen LogP contribution in [0.1, 0.15) is 18.4 Å². The van der Waals surface area contributed by atoms with E-state index >= 15 is 0 Å². The Labute approximate surface area is 123 Å². The molecule has 8 heteroatoms. The molecule has 0 spiro atoms. The Morgan fingerprint density at radius 3 is 2.48 bits per heavy atom. The van der Waals surface area contributed by atoms with Crippen LogP contribution in [0.2, 0.25) is 0 Å². The maximum atomic E-state index is 12.6. The summed E-state index contributed by atoms with van der Waals surface area (Å²) in [5.74, 6) is -0.699. The van der Waals surface area contributed by atoms with E-state index < -0.39 is 15.9 Å². The van der Waals surface area contributed by atoms with Crippen molar-refractivity contribution in [2.75, 3.05) is 18.8 Å². The van der Waals surface area contributed by atoms with Crippen molar-refractivity contribution in [2.45, 2.75) is 17.7 Å². The normalized spacial score (nSPS) is 17.3. The number of hydrogen-bond donors (Lipinski definition) is 2. The number of primary amides is 1. The lowest BCUT2D eigenvalue weighted by atomic mass is 9.98. The van der Waals surface area contributed by atoms with Crippen molar-refractivity contribution in [2.24, 2.45) is 11.7 Å². The molecule has 2 rings (SSSR count). The maximum absolute atomic E-state index is 12.6. The van der Waals surface area contributed by atoms with Crippen LogP contribution in [0.15, 0.2) is 23.1 Å². The average Bonchev–Trinajstić information content (AvgIpc) is 2.46. The van der Waals surface area contributed by atoms with Crippen molar-refractivity contribution in [1.29, 1.82) is 5.26 Å². The number of carbonyl (C=O) groups excluding carboxylic acids is 1. The summed E-state index contributed by atoms with van der Waals surface area (Å²) in [6.45, 7) is 0.427. The molecule has 1 amide bonds. The molecule has 1 fully saturated rings. The van der Waals surface area contributed by atoms with Crippen LogP contribution in [-0.2, 0) is 14.8 Å². The Hall–Kier alpha value is -2.11. The fourth-order valence-corrected chi connectivity index (χ4v) is 3.97. The Kier molecular flexibility index (Phi) is 4.16. The molecule has 0 aliphatic carbocycles. The summed E-state index contributed by atoms with van der Waals surface area (Å²) in [6.07, 6.45) is 0.789. The number of nitrogens with two attached hydrogens (primary N) is 2. The summed E-state index contributed by atoms with van der Waals surface area (Å²) >= 11 is 0. The van der Waals surface area contributed by atoms with E-state index in [0.29, 0.717) is 18.5 Å². The third-order valence-corrected chi connectivity index (χ3v) is 5.55. The van der Waals surface area contributed by atoms with Gasteiger partial charge >= 0.3 is 0 Å². The van der Waals surface area contributed by atoms with E-state index in [0.717, 1.165) is 0 Å². The summed E-state index contributed by atoms with van der Waals surface area (Å²) in [4.78, 5) is 11.1. The second kappa shape index (κ2) is 5.71. The van der Waals surface area contributed by atoms with Crippen LogP contribution in [0.3, 0.4) is 0 Å². The molecule has 1 heterocycles. The lowest BCUT2D eigenvalue weighted by Crippen LogP contribution is -2.41.